The van der Waals surface area contributed by atoms with Crippen LogP contribution in [0.3, 0.4) is 0 Å². The van der Waals surface area contributed by atoms with E-state index in [1.807, 2.05) is 0 Å². The van der Waals surface area contributed by atoms with Crippen molar-refractivity contribution in [2.45, 2.75) is 6.42 Å². The highest BCUT2D eigenvalue weighted by atomic mass is 16.6. The van der Waals surface area contributed by atoms with Crippen molar-refractivity contribution in [3.8, 4) is 0 Å². The predicted molar refractivity (Wildman–Crippen MR) is 45.6 cm³/mol. The quantitative estimate of drug-likeness (QED) is 0.305. The Balaban J connectivity index is 3.47. The summed E-state index contributed by atoms with van der Waals surface area (Å²) in [5.74, 6) is 0. The van der Waals surface area contributed by atoms with Crippen LogP contribution in [-0.4, -0.2) is 25.4 Å². The Morgan fingerprint density at radius 3 is 1.73 bits per heavy atom. The van der Waals surface area contributed by atoms with Crippen LogP contribution in [0.1, 0.15) is 6.42 Å². The Bertz CT molecular complexity index is 296. The van der Waals surface area contributed by atoms with Crippen LogP contribution in [0.4, 0.5) is 9.59 Å². The summed E-state index contributed by atoms with van der Waals surface area (Å²) < 4.78 is 8.74. The van der Waals surface area contributed by atoms with Gasteiger partial charge >= 0.3 is 12.2 Å². The third kappa shape index (κ3) is 7.91. The lowest BCUT2D eigenvalue weighted by Crippen LogP contribution is -2.05. The third-order valence-electron chi connectivity index (χ3n) is 0.992. The zero-order valence-electron chi connectivity index (χ0n) is 7.44. The molecule has 10 nitrogen and oxygen atoms in total. The SMILES string of the molecule is [N-]=[N+]=NC(=O)OCCCOC(=O)N=[N+]=[N-]. The largest absolute Gasteiger partial charge is 0.461 e. The molecule has 0 aliphatic heterocycles. The second-order valence-electron chi connectivity index (χ2n) is 1.96. The Hall–Kier alpha value is -2.44. The lowest BCUT2D eigenvalue weighted by molar-refractivity contribution is 0.128. The molecule has 0 radical (unpaired) electrons. The topological polar surface area (TPSA) is 150 Å². The molecule has 2 amide bonds. The Kier molecular flexibility index (Phi) is 6.84. The van der Waals surface area contributed by atoms with Gasteiger partial charge in [0.05, 0.1) is 13.2 Å². The summed E-state index contributed by atoms with van der Waals surface area (Å²) in [4.78, 5) is 25.2. The average Bonchev–Trinajstić information content (AvgIpc) is 2.18. The van der Waals surface area contributed by atoms with Gasteiger partial charge in [-0.3, -0.25) is 0 Å². The molecular weight excluding hydrogens is 208 g/mol. The molecule has 0 aromatic rings. The lowest BCUT2D eigenvalue weighted by atomic mass is 10.5. The summed E-state index contributed by atoms with van der Waals surface area (Å²) in [6, 6.07) is 0. The van der Waals surface area contributed by atoms with Crippen LogP contribution in [0, 0.1) is 0 Å². The number of azide groups is 2. The maximum Gasteiger partial charge on any atom is 0.396 e. The van der Waals surface area contributed by atoms with E-state index < -0.39 is 12.2 Å². The molecule has 0 heterocycles. The van der Waals surface area contributed by atoms with Gasteiger partial charge in [-0.2, -0.15) is 0 Å². The van der Waals surface area contributed by atoms with Crippen LogP contribution in [0.5, 0.6) is 0 Å². The molecule has 0 N–H and O–H groups in total. The van der Waals surface area contributed by atoms with E-state index in [4.69, 9.17) is 11.1 Å². The van der Waals surface area contributed by atoms with Gasteiger partial charge in [0.1, 0.15) is 0 Å². The average molecular weight is 214 g/mol. The molecule has 10 heteroatoms. The summed E-state index contributed by atoms with van der Waals surface area (Å²) in [5, 5.41) is 5.26. The molecule has 0 aliphatic rings. The number of ether oxygens (including phenoxy) is 2. The molecule has 0 fully saturated rings. The predicted octanol–water partition coefficient (Wildman–Crippen LogP) is 2.27. The van der Waals surface area contributed by atoms with Crippen LogP contribution in [0.25, 0.3) is 20.9 Å². The Morgan fingerprint density at radius 1 is 1.00 bits per heavy atom. The zero-order valence-corrected chi connectivity index (χ0v) is 7.44. The molecule has 0 aromatic carbocycles. The van der Waals surface area contributed by atoms with Gasteiger partial charge in [-0.1, -0.05) is 0 Å². The minimum atomic E-state index is -1.06. The number of hydrogen-bond acceptors (Lipinski definition) is 4. The molecule has 0 saturated heterocycles. The molecule has 0 rings (SSSR count). The van der Waals surface area contributed by atoms with Gasteiger partial charge in [-0.05, 0) is 11.1 Å². The van der Waals surface area contributed by atoms with Gasteiger partial charge < -0.3 is 9.47 Å². The van der Waals surface area contributed by atoms with Crippen molar-refractivity contribution < 1.29 is 19.1 Å². The molecule has 0 atom stereocenters. The fourth-order valence-corrected chi connectivity index (χ4v) is 0.509. The number of carbonyl (C=O) groups excluding carboxylic acids is 2. The maximum atomic E-state index is 10.4. The second-order valence-corrected chi connectivity index (χ2v) is 1.96. The normalized spacial score (nSPS) is 8.00. The smallest absolute Gasteiger partial charge is 0.396 e. The van der Waals surface area contributed by atoms with Gasteiger partial charge in [0.15, 0.2) is 0 Å². The Labute approximate surface area is 83.0 Å². The van der Waals surface area contributed by atoms with E-state index in [-0.39, 0.29) is 19.6 Å². The highest BCUT2D eigenvalue weighted by molar-refractivity contribution is 5.68. The summed E-state index contributed by atoms with van der Waals surface area (Å²) in [7, 11) is 0. The number of hydrogen-bond donors (Lipinski definition) is 0. The maximum absolute atomic E-state index is 10.4. The van der Waals surface area contributed by atoms with E-state index in [9.17, 15) is 9.59 Å². The number of rotatable bonds is 4. The first kappa shape index (κ1) is 12.6. The molecule has 0 aliphatic carbocycles. The van der Waals surface area contributed by atoms with Crippen molar-refractivity contribution >= 4 is 12.2 Å². The number of nitrogens with zero attached hydrogens (tertiary/aromatic N) is 6. The summed E-state index contributed by atoms with van der Waals surface area (Å²) in [6.45, 7) is -0.136. The molecule has 0 spiro atoms. The van der Waals surface area contributed by atoms with Crippen molar-refractivity contribution in [1.29, 1.82) is 0 Å². The van der Waals surface area contributed by atoms with Crippen molar-refractivity contribution in [2.24, 2.45) is 10.2 Å². The molecule has 0 unspecified atom stereocenters. The van der Waals surface area contributed by atoms with Crippen LogP contribution in [-0.2, 0) is 9.47 Å². The zero-order chi connectivity index (χ0) is 11.5. The minimum Gasteiger partial charge on any atom is -0.461 e. The molecule has 80 valence electrons. The van der Waals surface area contributed by atoms with E-state index >= 15 is 0 Å². The van der Waals surface area contributed by atoms with Crippen LogP contribution < -0.4 is 0 Å². The molecule has 0 aromatic heterocycles. The molecule has 15 heavy (non-hydrogen) atoms. The molecule has 0 saturated carbocycles. The van der Waals surface area contributed by atoms with Gasteiger partial charge in [-0.25, -0.2) is 9.59 Å². The number of carbonyl (C=O) groups is 2. The first-order chi connectivity index (χ1) is 7.20. The number of amides is 2. The Morgan fingerprint density at radius 2 is 1.40 bits per heavy atom. The summed E-state index contributed by atoms with van der Waals surface area (Å²) in [6.07, 6.45) is -1.91. The van der Waals surface area contributed by atoms with Gasteiger partial charge in [-0.15, -0.1) is 0 Å². The highest BCUT2D eigenvalue weighted by Gasteiger charge is 1.99. The van der Waals surface area contributed by atoms with Crippen molar-refractivity contribution in [3.63, 3.8) is 0 Å². The van der Waals surface area contributed by atoms with Crippen molar-refractivity contribution in [1.82, 2.24) is 0 Å². The lowest BCUT2D eigenvalue weighted by Gasteiger charge is -2.01. The van der Waals surface area contributed by atoms with E-state index in [2.05, 4.69) is 29.5 Å². The van der Waals surface area contributed by atoms with E-state index in [0.29, 0.717) is 0 Å². The second kappa shape index (κ2) is 8.17. The highest BCUT2D eigenvalue weighted by Crippen LogP contribution is 1.91. The molecular formula is C5H6N6O4. The molecule has 0 bridgehead atoms. The first-order valence-electron chi connectivity index (χ1n) is 3.64. The standard InChI is InChI=1S/C5H6N6O4/c6-10-8-4(12)14-2-1-3-15-5(13)9-11-7/h1-3H2. The first-order valence-corrected chi connectivity index (χ1v) is 3.64. The van der Waals surface area contributed by atoms with E-state index in [0.717, 1.165) is 0 Å². The van der Waals surface area contributed by atoms with Crippen molar-refractivity contribution in [3.05, 3.63) is 20.9 Å². The van der Waals surface area contributed by atoms with Crippen LogP contribution >= 0.6 is 0 Å². The monoisotopic (exact) mass is 214 g/mol. The van der Waals surface area contributed by atoms with Gasteiger partial charge in [0.25, 0.3) is 0 Å². The van der Waals surface area contributed by atoms with E-state index in [1.54, 1.807) is 0 Å². The van der Waals surface area contributed by atoms with Crippen LogP contribution in [0.2, 0.25) is 0 Å². The summed E-state index contributed by atoms with van der Waals surface area (Å²) in [5.41, 5.74) is 15.6. The van der Waals surface area contributed by atoms with E-state index in [1.165, 1.54) is 0 Å². The summed E-state index contributed by atoms with van der Waals surface area (Å²) >= 11 is 0. The van der Waals surface area contributed by atoms with Crippen molar-refractivity contribution in [2.75, 3.05) is 13.2 Å². The van der Waals surface area contributed by atoms with Crippen LogP contribution in [0.15, 0.2) is 10.2 Å². The fourth-order valence-electron chi connectivity index (χ4n) is 0.509. The van der Waals surface area contributed by atoms with Gasteiger partial charge in [0, 0.05) is 26.5 Å². The third-order valence-corrected chi connectivity index (χ3v) is 0.992. The van der Waals surface area contributed by atoms with Gasteiger partial charge in [0.2, 0.25) is 0 Å². The fraction of sp³-hybridized carbons (Fsp3) is 0.600. The minimum absolute atomic E-state index is 0.0681.